The van der Waals surface area contributed by atoms with Crippen LogP contribution in [0.1, 0.15) is 41.3 Å². The minimum atomic E-state index is -0.160. The van der Waals surface area contributed by atoms with E-state index in [9.17, 15) is 9.59 Å². The maximum atomic E-state index is 13.3. The fourth-order valence-electron chi connectivity index (χ4n) is 3.97. The lowest BCUT2D eigenvalue weighted by Gasteiger charge is -2.24. The van der Waals surface area contributed by atoms with E-state index in [4.69, 9.17) is 4.99 Å². The maximum Gasteiger partial charge on any atom is 0.240 e. The first-order valence-electron chi connectivity index (χ1n) is 11.3. The van der Waals surface area contributed by atoms with Crippen LogP contribution in [0.2, 0.25) is 0 Å². The maximum absolute atomic E-state index is 13.3. The standard InChI is InChI=1S/C27H29N3O2S/c1-18-14-22-24(15-19(18)2)30(27(32)16-23(29-22)25-10-7-13-33-25)17-26(31)28-20(3)11-12-21-8-5-4-6-9-21/h4-10,13-15,20H,11-12,16-17H2,1-3H3,(H,28,31)/t20-/m0/s1. The van der Waals surface area contributed by atoms with E-state index in [-0.39, 0.29) is 30.8 Å². The first-order valence-corrected chi connectivity index (χ1v) is 12.1. The highest BCUT2D eigenvalue weighted by atomic mass is 32.1. The van der Waals surface area contributed by atoms with Gasteiger partial charge in [-0.1, -0.05) is 36.4 Å². The molecule has 0 bridgehead atoms. The molecular formula is C27H29N3O2S. The van der Waals surface area contributed by atoms with Crippen LogP contribution in [-0.4, -0.2) is 30.1 Å². The summed E-state index contributed by atoms with van der Waals surface area (Å²) in [5, 5.41) is 5.05. The van der Waals surface area contributed by atoms with Gasteiger partial charge < -0.3 is 10.2 Å². The van der Waals surface area contributed by atoms with Gasteiger partial charge in [0, 0.05) is 10.9 Å². The Balaban J connectivity index is 1.50. The second kappa shape index (κ2) is 10.1. The fraction of sp³-hybridized carbons (Fsp3) is 0.296. The number of rotatable bonds is 7. The fourth-order valence-corrected chi connectivity index (χ4v) is 4.69. The summed E-state index contributed by atoms with van der Waals surface area (Å²) < 4.78 is 0. The van der Waals surface area contributed by atoms with Crippen LogP contribution >= 0.6 is 11.3 Å². The number of carbonyl (C=O) groups is 2. The predicted octanol–water partition coefficient (Wildman–Crippen LogP) is 5.36. The largest absolute Gasteiger partial charge is 0.352 e. The van der Waals surface area contributed by atoms with Crippen molar-refractivity contribution in [3.05, 3.63) is 81.5 Å². The Morgan fingerprint density at radius 3 is 2.61 bits per heavy atom. The van der Waals surface area contributed by atoms with Crippen molar-refractivity contribution in [2.24, 2.45) is 4.99 Å². The Hall–Kier alpha value is -3.25. The SMILES string of the molecule is Cc1cc2c(cc1C)N(CC(=O)N[C@@H](C)CCc1ccccc1)C(=O)CC(c1cccs1)=N2. The molecule has 1 aliphatic heterocycles. The van der Waals surface area contributed by atoms with Crippen LogP contribution in [0.3, 0.4) is 0 Å². The molecule has 1 aliphatic rings. The third-order valence-corrected chi connectivity index (χ3v) is 6.90. The molecule has 2 amide bonds. The zero-order chi connectivity index (χ0) is 23.4. The molecule has 170 valence electrons. The molecular weight excluding hydrogens is 430 g/mol. The average molecular weight is 460 g/mol. The van der Waals surface area contributed by atoms with Gasteiger partial charge in [-0.15, -0.1) is 11.3 Å². The van der Waals surface area contributed by atoms with Crippen molar-refractivity contribution in [3.8, 4) is 0 Å². The quantitative estimate of drug-likeness (QED) is 0.517. The first-order chi connectivity index (χ1) is 15.9. The van der Waals surface area contributed by atoms with E-state index in [1.165, 1.54) is 5.56 Å². The van der Waals surface area contributed by atoms with E-state index in [2.05, 4.69) is 17.4 Å². The van der Waals surface area contributed by atoms with Gasteiger partial charge in [0.05, 0.1) is 23.5 Å². The van der Waals surface area contributed by atoms with Gasteiger partial charge in [-0.2, -0.15) is 0 Å². The van der Waals surface area contributed by atoms with E-state index in [1.54, 1.807) is 16.2 Å². The normalized spacial score (nSPS) is 14.3. The molecule has 0 aliphatic carbocycles. The molecule has 33 heavy (non-hydrogen) atoms. The van der Waals surface area contributed by atoms with Crippen molar-refractivity contribution in [1.29, 1.82) is 0 Å². The van der Waals surface area contributed by atoms with Gasteiger partial charge in [0.2, 0.25) is 11.8 Å². The van der Waals surface area contributed by atoms with E-state index in [1.807, 2.05) is 68.6 Å². The molecule has 1 aromatic heterocycles. The molecule has 2 heterocycles. The number of aliphatic imine (C=N–C) groups is 1. The second-order valence-electron chi connectivity index (χ2n) is 8.61. The highest BCUT2D eigenvalue weighted by Crippen LogP contribution is 2.36. The third kappa shape index (κ3) is 5.57. The topological polar surface area (TPSA) is 61.8 Å². The van der Waals surface area contributed by atoms with Gasteiger partial charge in [-0.05, 0) is 73.9 Å². The van der Waals surface area contributed by atoms with Crippen LogP contribution in [0, 0.1) is 13.8 Å². The van der Waals surface area contributed by atoms with Crippen LogP contribution in [0.4, 0.5) is 11.4 Å². The molecule has 0 fully saturated rings. The number of carbonyl (C=O) groups excluding carboxylic acids is 2. The summed E-state index contributed by atoms with van der Waals surface area (Å²) >= 11 is 1.57. The van der Waals surface area contributed by atoms with Gasteiger partial charge in [0.1, 0.15) is 6.54 Å². The molecule has 6 heteroatoms. The number of fused-ring (bicyclic) bond motifs is 1. The molecule has 0 saturated carbocycles. The minimum absolute atomic E-state index is 0.0111. The number of amides is 2. The summed E-state index contributed by atoms with van der Waals surface area (Å²) in [5.74, 6) is -0.274. The molecule has 1 N–H and O–H groups in total. The molecule has 0 unspecified atom stereocenters. The van der Waals surface area contributed by atoms with E-state index in [0.717, 1.165) is 40.2 Å². The number of benzene rings is 2. The molecule has 3 aromatic rings. The summed E-state index contributed by atoms with van der Waals surface area (Å²) in [7, 11) is 0. The number of nitrogens with zero attached hydrogens (tertiary/aromatic N) is 2. The lowest BCUT2D eigenvalue weighted by atomic mass is 10.1. The van der Waals surface area contributed by atoms with Gasteiger partial charge in [0.15, 0.2) is 0 Å². The van der Waals surface area contributed by atoms with Gasteiger partial charge in [0.25, 0.3) is 0 Å². The Morgan fingerprint density at radius 2 is 1.88 bits per heavy atom. The number of thiophene rings is 1. The average Bonchev–Trinajstić information content (AvgIpc) is 3.30. The number of hydrogen-bond acceptors (Lipinski definition) is 4. The summed E-state index contributed by atoms with van der Waals surface area (Å²) in [6.07, 6.45) is 1.90. The molecule has 1 atom stereocenters. The molecule has 0 saturated heterocycles. The van der Waals surface area contributed by atoms with Crippen LogP contribution in [0.15, 0.2) is 65.0 Å². The molecule has 0 spiro atoms. The predicted molar refractivity (Wildman–Crippen MR) is 136 cm³/mol. The lowest BCUT2D eigenvalue weighted by molar-refractivity contribution is -0.123. The summed E-state index contributed by atoms with van der Waals surface area (Å²) in [6, 6.07) is 18.2. The monoisotopic (exact) mass is 459 g/mol. The Labute approximate surface area is 199 Å². The smallest absolute Gasteiger partial charge is 0.240 e. The van der Waals surface area contributed by atoms with E-state index in [0.29, 0.717) is 5.69 Å². The number of aryl methyl sites for hydroxylation is 3. The van der Waals surface area contributed by atoms with Gasteiger partial charge in [-0.25, -0.2) is 4.99 Å². The van der Waals surface area contributed by atoms with Crippen molar-refractivity contribution in [2.45, 2.75) is 46.1 Å². The molecule has 5 nitrogen and oxygen atoms in total. The Kier molecular flexibility index (Phi) is 7.04. The second-order valence-corrected chi connectivity index (χ2v) is 9.56. The summed E-state index contributed by atoms with van der Waals surface area (Å²) in [6.45, 7) is 6.04. The third-order valence-electron chi connectivity index (χ3n) is 5.98. The summed E-state index contributed by atoms with van der Waals surface area (Å²) in [5.41, 5.74) is 5.60. The van der Waals surface area contributed by atoms with Gasteiger partial charge >= 0.3 is 0 Å². The number of hydrogen-bond donors (Lipinski definition) is 1. The number of anilines is 1. The first kappa shape index (κ1) is 22.9. The zero-order valence-electron chi connectivity index (χ0n) is 19.3. The Bertz CT molecular complexity index is 1170. The van der Waals surface area contributed by atoms with Gasteiger partial charge in [-0.3, -0.25) is 9.59 Å². The van der Waals surface area contributed by atoms with Crippen LogP contribution < -0.4 is 10.2 Å². The highest BCUT2D eigenvalue weighted by molar-refractivity contribution is 7.12. The molecule has 4 rings (SSSR count). The van der Waals surface area contributed by atoms with E-state index >= 15 is 0 Å². The van der Waals surface area contributed by atoms with Crippen molar-refractivity contribution in [2.75, 3.05) is 11.4 Å². The zero-order valence-corrected chi connectivity index (χ0v) is 20.1. The molecule has 2 aromatic carbocycles. The van der Waals surface area contributed by atoms with Crippen LogP contribution in [-0.2, 0) is 16.0 Å². The van der Waals surface area contributed by atoms with Crippen molar-refractivity contribution in [3.63, 3.8) is 0 Å². The van der Waals surface area contributed by atoms with Crippen molar-refractivity contribution < 1.29 is 9.59 Å². The van der Waals surface area contributed by atoms with Crippen molar-refractivity contribution in [1.82, 2.24) is 5.32 Å². The van der Waals surface area contributed by atoms with Crippen molar-refractivity contribution >= 4 is 40.2 Å². The number of nitrogens with one attached hydrogen (secondary N) is 1. The van der Waals surface area contributed by atoms with Crippen LogP contribution in [0.5, 0.6) is 0 Å². The highest BCUT2D eigenvalue weighted by Gasteiger charge is 2.28. The summed E-state index contributed by atoms with van der Waals surface area (Å²) in [4.78, 5) is 33.6. The Morgan fingerprint density at radius 1 is 1.12 bits per heavy atom. The van der Waals surface area contributed by atoms with E-state index < -0.39 is 0 Å². The lowest BCUT2D eigenvalue weighted by Crippen LogP contribution is -2.44. The van der Waals surface area contributed by atoms with Crippen LogP contribution in [0.25, 0.3) is 0 Å². The molecule has 0 radical (unpaired) electrons. The minimum Gasteiger partial charge on any atom is -0.352 e.